The minimum Gasteiger partial charge on any atom is -0.384 e. The van der Waals surface area contributed by atoms with E-state index in [1.54, 1.807) is 30.3 Å². The second-order valence-electron chi connectivity index (χ2n) is 3.55. The molecular formula is C12H9BrClN3O. The van der Waals surface area contributed by atoms with Crippen molar-refractivity contribution in [1.82, 2.24) is 4.98 Å². The maximum Gasteiger partial charge on any atom is 0.256 e. The first-order valence-corrected chi connectivity index (χ1v) is 6.21. The number of carbonyl (C=O) groups is 1. The lowest BCUT2D eigenvalue weighted by Crippen LogP contribution is -2.12. The fourth-order valence-electron chi connectivity index (χ4n) is 1.35. The molecule has 1 amide bonds. The molecule has 0 aliphatic carbocycles. The van der Waals surface area contributed by atoms with Gasteiger partial charge in [0.15, 0.2) is 0 Å². The molecule has 4 nitrogen and oxygen atoms in total. The van der Waals surface area contributed by atoms with Crippen LogP contribution in [0.4, 0.5) is 11.5 Å². The van der Waals surface area contributed by atoms with Crippen molar-refractivity contribution in [2.75, 3.05) is 11.1 Å². The normalized spacial score (nSPS) is 10.1. The molecule has 18 heavy (non-hydrogen) atoms. The van der Waals surface area contributed by atoms with Crippen molar-refractivity contribution in [2.24, 2.45) is 0 Å². The lowest BCUT2D eigenvalue weighted by atomic mass is 10.2. The van der Waals surface area contributed by atoms with Gasteiger partial charge in [-0.05, 0) is 46.3 Å². The van der Waals surface area contributed by atoms with Crippen molar-refractivity contribution in [3.05, 3.63) is 51.6 Å². The zero-order valence-corrected chi connectivity index (χ0v) is 11.5. The molecular weight excluding hydrogens is 318 g/mol. The van der Waals surface area contributed by atoms with Gasteiger partial charge in [0.2, 0.25) is 0 Å². The summed E-state index contributed by atoms with van der Waals surface area (Å²) in [7, 11) is 0. The third kappa shape index (κ3) is 3.00. The molecule has 0 fully saturated rings. The zero-order valence-electron chi connectivity index (χ0n) is 9.15. The Hall–Kier alpha value is -1.59. The van der Waals surface area contributed by atoms with Crippen molar-refractivity contribution in [2.45, 2.75) is 0 Å². The lowest BCUT2D eigenvalue weighted by molar-refractivity contribution is 0.102. The number of nitrogen functional groups attached to an aromatic ring is 1. The van der Waals surface area contributed by atoms with E-state index < -0.39 is 0 Å². The summed E-state index contributed by atoms with van der Waals surface area (Å²) < 4.78 is 0.674. The summed E-state index contributed by atoms with van der Waals surface area (Å²) in [4.78, 5) is 15.9. The largest absolute Gasteiger partial charge is 0.384 e. The smallest absolute Gasteiger partial charge is 0.256 e. The molecule has 0 saturated carbocycles. The van der Waals surface area contributed by atoms with Gasteiger partial charge in [-0.25, -0.2) is 4.98 Å². The second-order valence-corrected chi connectivity index (χ2v) is 4.84. The molecule has 0 aliphatic heterocycles. The SMILES string of the molecule is Nc1ccc(NC(=O)c2cc(Cl)ccc2Br)cn1. The number of hydrogen-bond donors (Lipinski definition) is 2. The van der Waals surface area contributed by atoms with Crippen molar-refractivity contribution in [1.29, 1.82) is 0 Å². The van der Waals surface area contributed by atoms with Gasteiger partial charge >= 0.3 is 0 Å². The van der Waals surface area contributed by atoms with Gasteiger partial charge in [-0.15, -0.1) is 0 Å². The van der Waals surface area contributed by atoms with E-state index in [0.29, 0.717) is 26.6 Å². The summed E-state index contributed by atoms with van der Waals surface area (Å²) in [5, 5.41) is 3.21. The highest BCUT2D eigenvalue weighted by Crippen LogP contribution is 2.22. The first kappa shape index (κ1) is 12.9. The number of pyridine rings is 1. The van der Waals surface area contributed by atoms with E-state index in [1.165, 1.54) is 6.20 Å². The summed E-state index contributed by atoms with van der Waals surface area (Å²) in [5.74, 6) is 0.132. The molecule has 1 aromatic carbocycles. The minimum absolute atomic E-state index is 0.268. The number of aromatic nitrogens is 1. The van der Waals surface area contributed by atoms with E-state index in [0.717, 1.165) is 0 Å². The number of nitrogens with two attached hydrogens (primary N) is 1. The Balaban J connectivity index is 2.21. The molecule has 2 rings (SSSR count). The van der Waals surface area contributed by atoms with Gasteiger partial charge in [-0.3, -0.25) is 4.79 Å². The predicted octanol–water partition coefficient (Wildman–Crippen LogP) is 3.33. The molecule has 0 atom stereocenters. The number of anilines is 2. The molecule has 1 aromatic heterocycles. The molecule has 0 bridgehead atoms. The van der Waals surface area contributed by atoms with Crippen LogP contribution in [-0.2, 0) is 0 Å². The molecule has 6 heteroatoms. The van der Waals surface area contributed by atoms with E-state index in [2.05, 4.69) is 26.2 Å². The number of hydrogen-bond acceptors (Lipinski definition) is 3. The summed E-state index contributed by atoms with van der Waals surface area (Å²) in [6, 6.07) is 8.30. The Labute approximate surface area is 117 Å². The van der Waals surface area contributed by atoms with Gasteiger partial charge in [0, 0.05) is 9.50 Å². The molecule has 0 radical (unpaired) electrons. The van der Waals surface area contributed by atoms with E-state index in [1.807, 2.05) is 0 Å². The van der Waals surface area contributed by atoms with Crippen LogP contribution in [-0.4, -0.2) is 10.9 Å². The maximum absolute atomic E-state index is 12.0. The average Bonchev–Trinajstić information content (AvgIpc) is 2.35. The van der Waals surface area contributed by atoms with Gasteiger partial charge in [0.1, 0.15) is 5.82 Å². The predicted molar refractivity (Wildman–Crippen MR) is 75.8 cm³/mol. The quantitative estimate of drug-likeness (QED) is 0.889. The van der Waals surface area contributed by atoms with Crippen LogP contribution in [0.15, 0.2) is 41.0 Å². The van der Waals surface area contributed by atoms with Crippen LogP contribution < -0.4 is 11.1 Å². The summed E-state index contributed by atoms with van der Waals surface area (Å²) in [6.45, 7) is 0. The highest BCUT2D eigenvalue weighted by atomic mass is 79.9. The fourth-order valence-corrected chi connectivity index (χ4v) is 1.95. The van der Waals surface area contributed by atoms with Crippen LogP contribution in [0.25, 0.3) is 0 Å². The Morgan fingerprint density at radius 3 is 2.78 bits per heavy atom. The minimum atomic E-state index is -0.268. The topological polar surface area (TPSA) is 68.0 Å². The molecule has 3 N–H and O–H groups in total. The summed E-state index contributed by atoms with van der Waals surface area (Å²) >= 11 is 9.16. The van der Waals surface area contributed by atoms with Crippen LogP contribution >= 0.6 is 27.5 Å². The number of amides is 1. The van der Waals surface area contributed by atoms with Crippen molar-refractivity contribution >= 4 is 44.9 Å². The number of carbonyl (C=O) groups excluding carboxylic acids is 1. The van der Waals surface area contributed by atoms with E-state index in [4.69, 9.17) is 17.3 Å². The maximum atomic E-state index is 12.0. The van der Waals surface area contributed by atoms with Crippen molar-refractivity contribution in [3.8, 4) is 0 Å². The van der Waals surface area contributed by atoms with Crippen molar-refractivity contribution < 1.29 is 4.79 Å². The zero-order chi connectivity index (χ0) is 13.1. The third-order valence-corrected chi connectivity index (χ3v) is 3.14. The number of nitrogens with one attached hydrogen (secondary N) is 1. The Morgan fingerprint density at radius 1 is 1.33 bits per heavy atom. The number of benzene rings is 1. The van der Waals surface area contributed by atoms with Gasteiger partial charge in [-0.2, -0.15) is 0 Å². The van der Waals surface area contributed by atoms with Gasteiger partial charge in [0.25, 0.3) is 5.91 Å². The fraction of sp³-hybridized carbons (Fsp3) is 0. The second kappa shape index (κ2) is 5.37. The highest BCUT2D eigenvalue weighted by Gasteiger charge is 2.11. The van der Waals surface area contributed by atoms with E-state index in [9.17, 15) is 4.79 Å². The van der Waals surface area contributed by atoms with E-state index >= 15 is 0 Å². The standard InChI is InChI=1S/C12H9BrClN3O/c13-10-3-1-7(14)5-9(10)12(18)17-8-2-4-11(15)16-6-8/h1-6H,(H2,15,16)(H,17,18). The highest BCUT2D eigenvalue weighted by molar-refractivity contribution is 9.10. The van der Waals surface area contributed by atoms with Gasteiger partial charge in [0.05, 0.1) is 17.4 Å². The first-order chi connectivity index (χ1) is 8.56. The number of rotatable bonds is 2. The molecule has 0 aliphatic rings. The summed E-state index contributed by atoms with van der Waals surface area (Å²) in [6.07, 6.45) is 1.49. The lowest BCUT2D eigenvalue weighted by Gasteiger charge is -2.07. The van der Waals surface area contributed by atoms with Crippen LogP contribution in [0.1, 0.15) is 10.4 Å². The Kier molecular flexibility index (Phi) is 3.84. The van der Waals surface area contributed by atoms with Crippen molar-refractivity contribution in [3.63, 3.8) is 0 Å². The van der Waals surface area contributed by atoms with Crippen LogP contribution in [0.3, 0.4) is 0 Å². The van der Waals surface area contributed by atoms with Gasteiger partial charge < -0.3 is 11.1 Å². The Bertz CT molecular complexity index is 586. The Morgan fingerprint density at radius 2 is 2.11 bits per heavy atom. The first-order valence-electron chi connectivity index (χ1n) is 5.04. The third-order valence-electron chi connectivity index (χ3n) is 2.22. The molecule has 2 aromatic rings. The van der Waals surface area contributed by atoms with E-state index in [-0.39, 0.29) is 5.91 Å². The monoisotopic (exact) mass is 325 g/mol. The van der Waals surface area contributed by atoms with Crippen LogP contribution in [0.2, 0.25) is 5.02 Å². The average molecular weight is 327 g/mol. The van der Waals surface area contributed by atoms with Gasteiger partial charge in [-0.1, -0.05) is 11.6 Å². The van der Waals surface area contributed by atoms with Crippen LogP contribution in [0, 0.1) is 0 Å². The number of nitrogens with zero attached hydrogens (tertiary/aromatic N) is 1. The molecule has 1 heterocycles. The molecule has 0 spiro atoms. The molecule has 0 unspecified atom stereocenters. The molecule has 92 valence electrons. The summed E-state index contributed by atoms with van der Waals surface area (Å²) in [5.41, 5.74) is 6.49. The number of halogens is 2. The van der Waals surface area contributed by atoms with Crippen LogP contribution in [0.5, 0.6) is 0 Å². The molecule has 0 saturated heterocycles.